The van der Waals surface area contributed by atoms with E-state index in [9.17, 15) is 5.11 Å². The summed E-state index contributed by atoms with van der Waals surface area (Å²) in [4.78, 5) is 10.6. The Bertz CT molecular complexity index is 1180. The molecule has 0 radical (unpaired) electrons. The van der Waals surface area contributed by atoms with Gasteiger partial charge in [0.05, 0.1) is 15.6 Å². The van der Waals surface area contributed by atoms with Crippen LogP contribution >= 0.6 is 22.9 Å². The van der Waals surface area contributed by atoms with Crippen LogP contribution in [0.2, 0.25) is 5.02 Å². The van der Waals surface area contributed by atoms with E-state index in [-0.39, 0.29) is 10.8 Å². The number of aliphatic hydroxyl groups is 1. The zero-order chi connectivity index (χ0) is 23.0. The van der Waals surface area contributed by atoms with Gasteiger partial charge in [-0.1, -0.05) is 48.8 Å². The van der Waals surface area contributed by atoms with Crippen molar-refractivity contribution in [1.29, 1.82) is 0 Å². The minimum absolute atomic E-state index is 0.155. The second-order valence-electron chi connectivity index (χ2n) is 10.9. The molecular formula is C27H30ClN3OS. The van der Waals surface area contributed by atoms with Crippen LogP contribution in [-0.2, 0) is 6.42 Å². The molecule has 2 N–H and O–H groups in total. The van der Waals surface area contributed by atoms with Crippen molar-refractivity contribution in [3.05, 3.63) is 40.0 Å². The smallest absolute Gasteiger partial charge is 0.189 e. The van der Waals surface area contributed by atoms with Crippen LogP contribution < -0.4 is 5.32 Å². The number of fused-ring (bicyclic) bond motifs is 7. The second kappa shape index (κ2) is 7.31. The normalized spacial score (nSPS) is 38.9. The molecular weight excluding hydrogens is 450 g/mol. The Morgan fingerprint density at radius 3 is 2.79 bits per heavy atom. The van der Waals surface area contributed by atoms with Crippen molar-refractivity contribution in [3.63, 3.8) is 0 Å². The van der Waals surface area contributed by atoms with E-state index in [1.807, 2.05) is 12.1 Å². The van der Waals surface area contributed by atoms with E-state index in [0.717, 1.165) is 55.9 Å². The predicted octanol–water partition coefficient (Wildman–Crippen LogP) is 6.48. The fraction of sp³-hybridized carbons (Fsp3) is 0.556. The third-order valence-electron chi connectivity index (χ3n) is 9.64. The molecule has 6 rings (SSSR count). The van der Waals surface area contributed by atoms with E-state index in [2.05, 4.69) is 36.1 Å². The SMILES string of the molecule is C#C[C@]1(O)CC[C@H]2[C@@H]3CC=C4c5sc(Nc6ccc(Cl)cn6)nc5CC[C@]4(C)[C@H]3CC[C@@]21C. The van der Waals surface area contributed by atoms with Crippen LogP contribution in [0.4, 0.5) is 10.9 Å². The molecule has 2 aromatic heterocycles. The highest BCUT2D eigenvalue weighted by Crippen LogP contribution is 2.68. The van der Waals surface area contributed by atoms with Crippen LogP contribution in [0, 0.1) is 40.9 Å². The summed E-state index contributed by atoms with van der Waals surface area (Å²) in [7, 11) is 0. The van der Waals surface area contributed by atoms with E-state index in [1.165, 1.54) is 16.1 Å². The summed E-state index contributed by atoms with van der Waals surface area (Å²) in [6.45, 7) is 4.74. The van der Waals surface area contributed by atoms with Gasteiger partial charge in [0.25, 0.3) is 0 Å². The molecule has 4 aliphatic rings. The van der Waals surface area contributed by atoms with Crippen LogP contribution in [0.15, 0.2) is 24.4 Å². The van der Waals surface area contributed by atoms with Gasteiger partial charge >= 0.3 is 0 Å². The molecule has 0 aliphatic heterocycles. The lowest BCUT2D eigenvalue weighted by molar-refractivity contribution is -0.0886. The molecule has 6 heteroatoms. The van der Waals surface area contributed by atoms with Crippen LogP contribution in [0.3, 0.4) is 0 Å². The predicted molar refractivity (Wildman–Crippen MR) is 134 cm³/mol. The number of rotatable bonds is 2. The zero-order valence-corrected chi connectivity index (χ0v) is 20.8. The van der Waals surface area contributed by atoms with E-state index in [1.54, 1.807) is 17.5 Å². The highest BCUT2D eigenvalue weighted by atomic mass is 35.5. The summed E-state index contributed by atoms with van der Waals surface area (Å²) in [5.41, 5.74) is 1.77. The largest absolute Gasteiger partial charge is 0.377 e. The van der Waals surface area contributed by atoms with Crippen molar-refractivity contribution in [2.75, 3.05) is 5.32 Å². The lowest BCUT2D eigenvalue weighted by Gasteiger charge is -2.57. The molecule has 2 saturated carbocycles. The first-order valence-electron chi connectivity index (χ1n) is 12.1. The molecule has 0 amide bonds. The van der Waals surface area contributed by atoms with Crippen molar-refractivity contribution in [2.45, 2.75) is 64.4 Å². The summed E-state index contributed by atoms with van der Waals surface area (Å²) in [5.74, 6) is 5.30. The number of terminal acetylenes is 1. The highest BCUT2D eigenvalue weighted by Gasteiger charge is 2.63. The zero-order valence-electron chi connectivity index (χ0n) is 19.2. The number of hydrogen-bond donors (Lipinski definition) is 2. The summed E-state index contributed by atoms with van der Waals surface area (Å²) in [5, 5.41) is 16.1. The average Bonchev–Trinajstić information content (AvgIpc) is 3.33. The number of pyridine rings is 1. The standard InChI is InChI=1S/C27H30ClN3OS/c1-4-27(32)14-10-19-17-6-7-20-23-21(11-12-25(20,2)18(17)9-13-26(19,27)3)30-24(33-23)31-22-8-5-16(28)15-29-22/h1,5,7-8,15,17-19,32H,6,9-14H2,2-3H3,(H,29,30,31)/t17-,18+,19+,25-,26+,27+/m1/s1. The number of nitrogens with one attached hydrogen (secondary N) is 1. The van der Waals surface area contributed by atoms with Gasteiger partial charge < -0.3 is 10.4 Å². The fourth-order valence-electron chi connectivity index (χ4n) is 7.74. The molecule has 172 valence electrons. The molecule has 0 spiro atoms. The third-order valence-corrected chi connectivity index (χ3v) is 10.9. The topological polar surface area (TPSA) is 58.0 Å². The maximum absolute atomic E-state index is 11.2. The van der Waals surface area contributed by atoms with E-state index >= 15 is 0 Å². The average molecular weight is 480 g/mol. The molecule has 4 aliphatic carbocycles. The van der Waals surface area contributed by atoms with Gasteiger partial charge in [-0.2, -0.15) is 0 Å². The van der Waals surface area contributed by atoms with Crippen molar-refractivity contribution < 1.29 is 5.11 Å². The number of hydrogen-bond acceptors (Lipinski definition) is 5. The van der Waals surface area contributed by atoms with Gasteiger partial charge in [0.1, 0.15) is 11.4 Å². The second-order valence-corrected chi connectivity index (χ2v) is 12.4. The number of aromatic nitrogens is 2. The molecule has 33 heavy (non-hydrogen) atoms. The summed E-state index contributed by atoms with van der Waals surface area (Å²) in [6, 6.07) is 3.72. The first kappa shape index (κ1) is 21.6. The minimum Gasteiger partial charge on any atom is -0.377 e. The van der Waals surface area contributed by atoms with Gasteiger partial charge in [-0.15, -0.1) is 6.42 Å². The van der Waals surface area contributed by atoms with Crippen molar-refractivity contribution in [2.24, 2.45) is 28.6 Å². The molecule has 2 aromatic rings. The first-order valence-corrected chi connectivity index (χ1v) is 13.3. The third kappa shape index (κ3) is 3.00. The minimum atomic E-state index is -0.943. The highest BCUT2D eigenvalue weighted by molar-refractivity contribution is 7.16. The molecule has 0 saturated heterocycles. The van der Waals surface area contributed by atoms with Gasteiger partial charge in [0.2, 0.25) is 0 Å². The quantitative estimate of drug-likeness (QED) is 0.484. The molecule has 0 bridgehead atoms. The maximum atomic E-state index is 11.2. The molecule has 2 fully saturated rings. The lowest BCUT2D eigenvalue weighted by Crippen LogP contribution is -2.53. The van der Waals surface area contributed by atoms with Crippen molar-refractivity contribution in [1.82, 2.24) is 9.97 Å². The number of nitrogens with zero attached hydrogens (tertiary/aromatic N) is 2. The number of allylic oxidation sites excluding steroid dienone is 2. The Morgan fingerprint density at radius 1 is 1.21 bits per heavy atom. The van der Waals surface area contributed by atoms with Gasteiger partial charge in [0, 0.05) is 11.6 Å². The van der Waals surface area contributed by atoms with Crippen LogP contribution in [-0.4, -0.2) is 20.7 Å². The number of anilines is 2. The number of aryl methyl sites for hydroxylation is 1. The summed E-state index contributed by atoms with van der Waals surface area (Å²) in [6.07, 6.45) is 17.2. The molecule has 4 nitrogen and oxygen atoms in total. The van der Waals surface area contributed by atoms with E-state index < -0.39 is 5.60 Å². The van der Waals surface area contributed by atoms with Crippen LogP contribution in [0.25, 0.3) is 5.57 Å². The Balaban J connectivity index is 1.32. The molecule has 0 unspecified atom stereocenters. The first-order chi connectivity index (χ1) is 15.8. The molecule has 6 atom stereocenters. The van der Waals surface area contributed by atoms with E-state index in [0.29, 0.717) is 22.8 Å². The Kier molecular flexibility index (Phi) is 4.80. The fourth-order valence-corrected chi connectivity index (χ4v) is 9.05. The lowest BCUT2D eigenvalue weighted by atomic mass is 9.47. The van der Waals surface area contributed by atoms with Gasteiger partial charge in [-0.25, -0.2) is 9.97 Å². The Morgan fingerprint density at radius 2 is 2.03 bits per heavy atom. The monoisotopic (exact) mass is 479 g/mol. The number of thiazole rings is 1. The molecule has 2 heterocycles. The van der Waals surface area contributed by atoms with Gasteiger partial charge in [-0.3, -0.25) is 0 Å². The van der Waals surface area contributed by atoms with Gasteiger partial charge in [-0.05, 0) is 85.8 Å². The Labute approximate surface area is 204 Å². The summed E-state index contributed by atoms with van der Waals surface area (Å²) >= 11 is 7.73. The summed E-state index contributed by atoms with van der Waals surface area (Å²) < 4.78 is 0. The maximum Gasteiger partial charge on any atom is 0.189 e. The van der Waals surface area contributed by atoms with Crippen molar-refractivity contribution in [3.8, 4) is 12.3 Å². The Hall–Kier alpha value is -1.87. The molecule has 0 aromatic carbocycles. The van der Waals surface area contributed by atoms with Gasteiger partial charge in [0.15, 0.2) is 5.13 Å². The van der Waals surface area contributed by atoms with Crippen LogP contribution in [0.1, 0.15) is 62.9 Å². The van der Waals surface area contributed by atoms with Crippen LogP contribution in [0.5, 0.6) is 0 Å². The number of halogens is 1. The van der Waals surface area contributed by atoms with Crippen molar-refractivity contribution >= 4 is 39.5 Å². The van der Waals surface area contributed by atoms with E-state index in [4.69, 9.17) is 23.0 Å².